The number of nitrogens with one attached hydrogen (secondary N) is 3. The summed E-state index contributed by atoms with van der Waals surface area (Å²) in [5, 5.41) is 19.4. The van der Waals surface area contributed by atoms with Crippen molar-refractivity contribution >= 4 is 46.7 Å². The number of ketones is 2. The highest BCUT2D eigenvalue weighted by atomic mass is 16.6. The third kappa shape index (κ3) is 15.5. The number of imide groups is 2. The molecule has 70 heavy (non-hydrogen) atoms. The SMILES string of the molecule is O=C(CCCN1CC(Nc2cc(C(=O)CC[C@H](O)CN3CCc4ccccc4C3)ncn2)C1)CCOCCOCCOCCOCCOCCNc1cccc2c1C(=O)N(C1CCC(=O)NC1=O)C2=O. The van der Waals surface area contributed by atoms with Gasteiger partial charge in [0.1, 0.15) is 29.7 Å². The van der Waals surface area contributed by atoms with E-state index in [1.54, 1.807) is 24.3 Å². The Kier molecular flexibility index (Phi) is 20.3. The number of hydrogen-bond donors (Lipinski definition) is 4. The number of carbonyl (C=O) groups is 6. The van der Waals surface area contributed by atoms with Crippen LogP contribution in [0.2, 0.25) is 0 Å². The molecule has 2 saturated heterocycles. The van der Waals surface area contributed by atoms with Crippen molar-refractivity contribution in [1.29, 1.82) is 0 Å². The van der Waals surface area contributed by atoms with Gasteiger partial charge in [-0.2, -0.15) is 0 Å². The van der Waals surface area contributed by atoms with Gasteiger partial charge in [0, 0.05) is 76.7 Å². The van der Waals surface area contributed by atoms with Gasteiger partial charge >= 0.3 is 0 Å². The van der Waals surface area contributed by atoms with Crippen molar-refractivity contribution in [3.8, 4) is 0 Å². The number of hydrogen-bond acceptors (Lipinski definition) is 18. The summed E-state index contributed by atoms with van der Waals surface area (Å²) in [6.45, 7) is 8.91. The van der Waals surface area contributed by atoms with E-state index in [4.69, 9.17) is 23.7 Å². The minimum atomic E-state index is -1.02. The number of ether oxygens (including phenoxy) is 5. The number of aromatic nitrogens is 2. The number of benzene rings is 2. The van der Waals surface area contributed by atoms with Crippen LogP contribution in [0.25, 0.3) is 0 Å². The van der Waals surface area contributed by atoms with Crippen molar-refractivity contribution in [3.63, 3.8) is 0 Å². The Hall–Kier alpha value is -5.58. The Bertz CT molecular complexity index is 2260. The second-order valence-corrected chi connectivity index (χ2v) is 17.8. The Balaban J connectivity index is 0.615. The molecule has 2 fully saturated rings. The lowest BCUT2D eigenvalue weighted by molar-refractivity contribution is -0.136. The minimum Gasteiger partial charge on any atom is -0.392 e. The number of carbonyl (C=O) groups excluding carboxylic acids is 6. The van der Waals surface area contributed by atoms with E-state index in [1.807, 2.05) is 6.07 Å². The molecule has 0 spiro atoms. The largest absolute Gasteiger partial charge is 0.392 e. The molecule has 1 unspecified atom stereocenters. The van der Waals surface area contributed by atoms with Crippen molar-refractivity contribution in [2.45, 2.75) is 76.1 Å². The minimum absolute atomic E-state index is 0.0571. The maximum Gasteiger partial charge on any atom is 0.264 e. The van der Waals surface area contributed by atoms with Crippen LogP contribution in [0.5, 0.6) is 0 Å². The maximum absolute atomic E-state index is 13.2. The lowest BCUT2D eigenvalue weighted by atomic mass is 9.99. The summed E-state index contributed by atoms with van der Waals surface area (Å²) in [6, 6.07) is 14.2. The molecule has 2 atom stereocenters. The Morgan fingerprint density at radius 1 is 0.771 bits per heavy atom. The van der Waals surface area contributed by atoms with E-state index in [-0.39, 0.29) is 48.0 Å². The van der Waals surface area contributed by atoms with E-state index in [0.717, 1.165) is 50.5 Å². The van der Waals surface area contributed by atoms with Gasteiger partial charge in [-0.3, -0.25) is 48.8 Å². The van der Waals surface area contributed by atoms with Crippen LogP contribution in [0.1, 0.15) is 87.3 Å². The highest BCUT2D eigenvalue weighted by molar-refractivity contribution is 6.25. The molecule has 4 amide bonds. The van der Waals surface area contributed by atoms with Gasteiger partial charge in [-0.1, -0.05) is 30.3 Å². The first-order valence-corrected chi connectivity index (χ1v) is 24.4. The molecule has 0 bridgehead atoms. The zero-order valence-electron chi connectivity index (χ0n) is 39.8. The van der Waals surface area contributed by atoms with Crippen LogP contribution in [-0.2, 0) is 51.0 Å². The van der Waals surface area contributed by atoms with Gasteiger partial charge in [0.15, 0.2) is 5.78 Å². The van der Waals surface area contributed by atoms with Crippen LogP contribution in [-0.4, -0.2) is 188 Å². The van der Waals surface area contributed by atoms with Crippen LogP contribution in [0, 0.1) is 0 Å². The zero-order valence-corrected chi connectivity index (χ0v) is 39.8. The molecule has 4 aliphatic rings. The number of β-amino-alcohol motifs (C(OH)–C–C–N with tert-alkyl or cyclic N) is 1. The molecule has 0 aliphatic carbocycles. The van der Waals surface area contributed by atoms with Gasteiger partial charge in [-0.05, 0) is 55.5 Å². The van der Waals surface area contributed by atoms with Gasteiger partial charge in [0.2, 0.25) is 11.8 Å². The topological polar surface area (TPSA) is 240 Å². The lowest BCUT2D eigenvalue weighted by Gasteiger charge is -2.39. The number of aliphatic hydroxyl groups is 1. The van der Waals surface area contributed by atoms with Crippen molar-refractivity contribution < 1.29 is 57.6 Å². The molecule has 20 heteroatoms. The van der Waals surface area contributed by atoms with Crippen LogP contribution in [0.15, 0.2) is 54.9 Å². The van der Waals surface area contributed by atoms with E-state index in [2.05, 4.69) is 53.9 Å². The van der Waals surface area contributed by atoms with Crippen LogP contribution < -0.4 is 16.0 Å². The van der Waals surface area contributed by atoms with Gasteiger partial charge in [0.25, 0.3) is 11.8 Å². The zero-order chi connectivity index (χ0) is 49.1. The monoisotopic (exact) mass is 970 g/mol. The third-order valence-corrected chi connectivity index (χ3v) is 12.6. The average molecular weight is 971 g/mol. The molecule has 2 aromatic carbocycles. The highest BCUT2D eigenvalue weighted by Gasteiger charge is 2.45. The molecule has 7 rings (SSSR count). The van der Waals surface area contributed by atoms with Gasteiger partial charge < -0.3 is 39.4 Å². The molecule has 4 aliphatic heterocycles. The Labute approximate surface area is 408 Å². The molecule has 3 aromatic rings. The first kappa shape index (κ1) is 52.2. The molecule has 378 valence electrons. The molecule has 20 nitrogen and oxygen atoms in total. The van der Waals surface area contributed by atoms with Crippen LogP contribution in [0.3, 0.4) is 0 Å². The molecular weight excluding hydrogens is 905 g/mol. The average Bonchev–Trinajstić information content (AvgIpc) is 3.60. The van der Waals surface area contributed by atoms with Crippen molar-refractivity contribution in [2.75, 3.05) is 116 Å². The number of rotatable bonds is 32. The predicted molar refractivity (Wildman–Crippen MR) is 255 cm³/mol. The molecule has 1 aromatic heterocycles. The number of likely N-dealkylation sites (tertiary alicyclic amines) is 1. The molecular formula is C50H66N8O12. The van der Waals surface area contributed by atoms with E-state index in [0.29, 0.717) is 116 Å². The number of aliphatic hydroxyl groups excluding tert-OH is 1. The fourth-order valence-corrected chi connectivity index (χ4v) is 8.88. The van der Waals surface area contributed by atoms with E-state index in [1.165, 1.54) is 17.5 Å². The number of fused-ring (bicyclic) bond motifs is 2. The fraction of sp³-hybridized carbons (Fsp3) is 0.560. The second-order valence-electron chi connectivity index (χ2n) is 17.8. The van der Waals surface area contributed by atoms with Crippen LogP contribution >= 0.6 is 0 Å². The van der Waals surface area contributed by atoms with Gasteiger partial charge in [-0.15, -0.1) is 0 Å². The smallest absolute Gasteiger partial charge is 0.264 e. The summed E-state index contributed by atoms with van der Waals surface area (Å²) in [6.07, 6.45) is 4.18. The predicted octanol–water partition coefficient (Wildman–Crippen LogP) is 2.29. The summed E-state index contributed by atoms with van der Waals surface area (Å²) < 4.78 is 27.8. The molecule has 4 N–H and O–H groups in total. The van der Waals surface area contributed by atoms with Crippen molar-refractivity contribution in [2.24, 2.45) is 0 Å². The van der Waals surface area contributed by atoms with Gasteiger partial charge in [0.05, 0.1) is 89.3 Å². The fourth-order valence-electron chi connectivity index (χ4n) is 8.88. The first-order valence-electron chi connectivity index (χ1n) is 24.4. The summed E-state index contributed by atoms with van der Waals surface area (Å²) in [4.78, 5) is 89.4. The summed E-state index contributed by atoms with van der Waals surface area (Å²) >= 11 is 0. The van der Waals surface area contributed by atoms with E-state index in [9.17, 15) is 33.9 Å². The summed E-state index contributed by atoms with van der Waals surface area (Å²) in [7, 11) is 0. The quantitative estimate of drug-likeness (QED) is 0.0399. The number of anilines is 2. The molecule has 0 radical (unpaired) electrons. The number of Topliss-reactive ketones (excluding diaryl/α,β-unsaturated/α-hetero) is 2. The maximum atomic E-state index is 13.2. The Morgan fingerprint density at radius 2 is 1.47 bits per heavy atom. The molecule has 5 heterocycles. The van der Waals surface area contributed by atoms with Crippen molar-refractivity contribution in [1.82, 2.24) is 30.0 Å². The number of nitrogens with zero attached hydrogens (tertiary/aromatic N) is 5. The second kappa shape index (κ2) is 27.1. The number of amides is 4. The normalized spacial score (nSPS) is 17.8. The summed E-state index contributed by atoms with van der Waals surface area (Å²) in [5.41, 5.74) is 3.89. The lowest BCUT2D eigenvalue weighted by Crippen LogP contribution is -2.54. The van der Waals surface area contributed by atoms with E-state index < -0.39 is 35.8 Å². The van der Waals surface area contributed by atoms with Crippen LogP contribution in [0.4, 0.5) is 11.5 Å². The standard InChI is InChI=1S/C50H66N8O12/c59-38(7-4-17-56-31-37(32-56)54-45-29-42(52-34-53-45)44(61)12-10-39(60)33-57-18-14-35-5-1-2-6-36(35)30-57)15-19-66-21-23-68-25-27-70-28-26-69-24-22-67-20-16-51-41-9-3-8-40-47(41)50(65)58(49(40)64)43-11-13-46(62)55-48(43)63/h1-3,5-6,8-9,29,34,37,39,43,51,60H,4,7,10-28,30-33H2,(H,52,53,54)(H,55,62,63)/t39-,43?/m0/s1. The van der Waals surface area contributed by atoms with E-state index >= 15 is 0 Å². The number of piperidine rings is 1. The summed E-state index contributed by atoms with van der Waals surface area (Å²) in [5.74, 6) is -1.53. The molecule has 0 saturated carbocycles. The third-order valence-electron chi connectivity index (χ3n) is 12.6. The first-order chi connectivity index (χ1) is 34.1. The Morgan fingerprint density at radius 3 is 2.20 bits per heavy atom. The van der Waals surface area contributed by atoms with Gasteiger partial charge in [-0.25, -0.2) is 9.97 Å². The van der Waals surface area contributed by atoms with Crippen molar-refractivity contribution in [3.05, 3.63) is 82.8 Å². The highest BCUT2D eigenvalue weighted by Crippen LogP contribution is 2.32.